The van der Waals surface area contributed by atoms with Crippen molar-refractivity contribution in [3.63, 3.8) is 0 Å². The molecule has 12 nitrogen and oxygen atoms in total. The van der Waals surface area contributed by atoms with E-state index in [9.17, 15) is 22.8 Å². The lowest BCUT2D eigenvalue weighted by atomic mass is 10.2. The molecule has 0 atom stereocenters. The van der Waals surface area contributed by atoms with Crippen molar-refractivity contribution in [1.82, 2.24) is 29.0 Å². The van der Waals surface area contributed by atoms with E-state index in [2.05, 4.69) is 15.1 Å². The molecule has 1 saturated carbocycles. The fourth-order valence-corrected chi connectivity index (χ4v) is 5.41. The van der Waals surface area contributed by atoms with Gasteiger partial charge in [-0.15, -0.1) is 0 Å². The van der Waals surface area contributed by atoms with Crippen molar-refractivity contribution in [3.05, 3.63) is 57.0 Å². The zero-order valence-corrected chi connectivity index (χ0v) is 22.4. The number of carbonyl (C=O) groups excluding carboxylic acids is 1. The zero-order chi connectivity index (χ0) is 27.2. The lowest BCUT2D eigenvalue weighted by Crippen LogP contribution is -2.42. The highest BCUT2D eigenvalue weighted by Crippen LogP contribution is 2.36. The fraction of sp³-hybridized carbons (Fsp3) is 0.500. The number of nitrogens with zero attached hydrogens (tertiary/aromatic N) is 4. The van der Waals surface area contributed by atoms with Gasteiger partial charge in [-0.05, 0) is 58.7 Å². The van der Waals surface area contributed by atoms with Crippen LogP contribution in [0.15, 0.2) is 45.1 Å². The standard InChI is InChI=1S/C24H32N6O6S/c1-23(2,3)36-21(32)25-10-11-29-19-7-6-17(37(34,35)27-24(4)8-9-24)12-18(19)20(31)30(22(29)33)15-16-13-26-28(5)14-16/h6-7,12-14,27H,8-11,15H2,1-5H3,(H,25,32). The van der Waals surface area contributed by atoms with Crippen molar-refractivity contribution in [2.24, 2.45) is 7.05 Å². The molecule has 4 rings (SSSR count). The first-order chi connectivity index (χ1) is 17.2. The summed E-state index contributed by atoms with van der Waals surface area (Å²) < 4.78 is 37.8. The molecule has 1 aromatic carbocycles. The number of amides is 1. The van der Waals surface area contributed by atoms with Crippen molar-refractivity contribution in [1.29, 1.82) is 0 Å². The maximum absolute atomic E-state index is 13.4. The van der Waals surface area contributed by atoms with Crippen LogP contribution in [0.2, 0.25) is 0 Å². The number of hydrogen-bond donors (Lipinski definition) is 2. The number of sulfonamides is 1. The Morgan fingerprint density at radius 1 is 1.19 bits per heavy atom. The van der Waals surface area contributed by atoms with E-state index in [4.69, 9.17) is 4.74 Å². The molecule has 0 radical (unpaired) electrons. The van der Waals surface area contributed by atoms with E-state index in [1.54, 1.807) is 44.9 Å². The molecular weight excluding hydrogens is 500 g/mol. The molecule has 0 aliphatic heterocycles. The quantitative estimate of drug-likeness (QED) is 0.445. The van der Waals surface area contributed by atoms with Gasteiger partial charge < -0.3 is 10.1 Å². The summed E-state index contributed by atoms with van der Waals surface area (Å²) in [6.45, 7) is 7.07. The van der Waals surface area contributed by atoms with Crippen molar-refractivity contribution in [3.8, 4) is 0 Å². The average molecular weight is 533 g/mol. The molecule has 3 aromatic rings. The van der Waals surface area contributed by atoms with Gasteiger partial charge in [-0.1, -0.05) is 0 Å². The lowest BCUT2D eigenvalue weighted by molar-refractivity contribution is 0.0526. The van der Waals surface area contributed by atoms with Crippen LogP contribution in [0.3, 0.4) is 0 Å². The lowest BCUT2D eigenvalue weighted by Gasteiger charge is -2.20. The predicted octanol–water partition coefficient (Wildman–Crippen LogP) is 1.30. The van der Waals surface area contributed by atoms with Gasteiger partial charge in [-0.3, -0.25) is 18.6 Å². The third kappa shape index (κ3) is 6.10. The highest BCUT2D eigenvalue weighted by molar-refractivity contribution is 7.89. The van der Waals surface area contributed by atoms with Crippen LogP contribution in [0.4, 0.5) is 4.79 Å². The number of alkyl carbamates (subject to hydrolysis) is 1. The highest BCUT2D eigenvalue weighted by atomic mass is 32.2. The minimum absolute atomic E-state index is 0.0321. The molecule has 2 aromatic heterocycles. The van der Waals surface area contributed by atoms with Gasteiger partial charge in [0.1, 0.15) is 5.60 Å². The van der Waals surface area contributed by atoms with Crippen LogP contribution in [-0.4, -0.2) is 51.1 Å². The fourth-order valence-electron chi connectivity index (χ4n) is 3.92. The Bertz CT molecular complexity index is 1570. The molecule has 2 heterocycles. The van der Waals surface area contributed by atoms with Gasteiger partial charge >= 0.3 is 11.8 Å². The molecule has 2 N–H and O–H groups in total. The van der Waals surface area contributed by atoms with Gasteiger partial charge in [0.15, 0.2) is 0 Å². The van der Waals surface area contributed by atoms with E-state index < -0.39 is 38.5 Å². The Morgan fingerprint density at radius 2 is 1.89 bits per heavy atom. The zero-order valence-electron chi connectivity index (χ0n) is 21.6. The average Bonchev–Trinajstić information content (AvgIpc) is 3.35. The Morgan fingerprint density at radius 3 is 2.49 bits per heavy atom. The molecule has 37 heavy (non-hydrogen) atoms. The molecule has 1 aliphatic rings. The summed E-state index contributed by atoms with van der Waals surface area (Å²) in [6, 6.07) is 4.12. The largest absolute Gasteiger partial charge is 0.444 e. The van der Waals surface area contributed by atoms with E-state index in [1.807, 2.05) is 6.92 Å². The van der Waals surface area contributed by atoms with E-state index in [-0.39, 0.29) is 35.4 Å². The molecule has 0 spiro atoms. The van der Waals surface area contributed by atoms with Gasteiger partial charge in [0.2, 0.25) is 10.0 Å². The molecular formula is C24H32N6O6S. The molecule has 1 aliphatic carbocycles. The molecule has 1 fully saturated rings. The Labute approximate surface area is 214 Å². The Kier molecular flexibility index (Phi) is 6.80. The van der Waals surface area contributed by atoms with E-state index >= 15 is 0 Å². The number of nitrogens with one attached hydrogen (secondary N) is 2. The minimum Gasteiger partial charge on any atom is -0.444 e. The number of aryl methyl sites for hydroxylation is 1. The Hall–Kier alpha value is -3.45. The van der Waals surface area contributed by atoms with E-state index in [1.165, 1.54) is 22.8 Å². The summed E-state index contributed by atoms with van der Waals surface area (Å²) in [6.07, 6.45) is 4.07. The molecule has 0 unspecified atom stereocenters. The van der Waals surface area contributed by atoms with E-state index in [0.29, 0.717) is 5.56 Å². The van der Waals surface area contributed by atoms with Gasteiger partial charge in [-0.25, -0.2) is 22.7 Å². The monoisotopic (exact) mass is 532 g/mol. The highest BCUT2D eigenvalue weighted by Gasteiger charge is 2.41. The number of ether oxygens (including phenoxy) is 1. The van der Waals surface area contributed by atoms with Gasteiger partial charge in [-0.2, -0.15) is 5.10 Å². The summed E-state index contributed by atoms with van der Waals surface area (Å²) >= 11 is 0. The maximum Gasteiger partial charge on any atom is 0.407 e. The second-order valence-corrected chi connectivity index (χ2v) is 12.3. The van der Waals surface area contributed by atoms with Gasteiger partial charge in [0, 0.05) is 37.4 Å². The number of fused-ring (bicyclic) bond motifs is 1. The smallest absolute Gasteiger partial charge is 0.407 e. The first-order valence-corrected chi connectivity index (χ1v) is 13.4. The summed E-state index contributed by atoms with van der Waals surface area (Å²) in [5.74, 6) is 0. The molecule has 13 heteroatoms. The first kappa shape index (κ1) is 26.6. The SMILES string of the molecule is Cn1cc(Cn2c(=O)c3cc(S(=O)(=O)NC4(C)CC4)ccc3n(CCNC(=O)OC(C)(C)C)c2=O)cn1. The number of benzene rings is 1. The van der Waals surface area contributed by atoms with Crippen molar-refractivity contribution in [2.45, 2.75) is 69.7 Å². The van der Waals surface area contributed by atoms with E-state index in [0.717, 1.165) is 17.4 Å². The predicted molar refractivity (Wildman–Crippen MR) is 137 cm³/mol. The Balaban J connectivity index is 1.75. The van der Waals surface area contributed by atoms with Crippen LogP contribution in [0.5, 0.6) is 0 Å². The normalized spacial score (nSPS) is 15.1. The van der Waals surface area contributed by atoms with Crippen LogP contribution < -0.4 is 21.3 Å². The number of rotatable bonds is 8. The third-order valence-electron chi connectivity index (χ3n) is 5.99. The molecule has 200 valence electrons. The van der Waals surface area contributed by atoms with Crippen LogP contribution >= 0.6 is 0 Å². The molecule has 0 bridgehead atoms. The number of hydrogen-bond acceptors (Lipinski definition) is 7. The molecule has 1 amide bonds. The van der Waals surface area contributed by atoms with Crippen LogP contribution in [0.25, 0.3) is 10.9 Å². The summed E-state index contributed by atoms with van der Waals surface area (Å²) in [7, 11) is -2.15. The van der Waals surface area contributed by atoms with Crippen LogP contribution in [0, 0.1) is 0 Å². The second-order valence-electron chi connectivity index (χ2n) is 10.6. The first-order valence-electron chi connectivity index (χ1n) is 11.9. The van der Waals surface area contributed by atoms with Crippen LogP contribution in [0.1, 0.15) is 46.1 Å². The second kappa shape index (κ2) is 9.45. The summed E-state index contributed by atoms with van der Waals surface area (Å²) in [5, 5.41) is 6.77. The summed E-state index contributed by atoms with van der Waals surface area (Å²) in [4.78, 5) is 38.9. The topological polar surface area (TPSA) is 146 Å². The molecule has 0 saturated heterocycles. The maximum atomic E-state index is 13.4. The summed E-state index contributed by atoms with van der Waals surface area (Å²) in [5.41, 5.74) is -1.48. The van der Waals surface area contributed by atoms with Crippen molar-refractivity contribution in [2.75, 3.05) is 6.54 Å². The van der Waals surface area contributed by atoms with Crippen molar-refractivity contribution >= 4 is 27.0 Å². The van der Waals surface area contributed by atoms with Gasteiger partial charge in [0.05, 0.1) is 28.5 Å². The van der Waals surface area contributed by atoms with Gasteiger partial charge in [0.25, 0.3) is 5.56 Å². The number of aromatic nitrogens is 4. The number of carbonyl (C=O) groups is 1. The third-order valence-corrected chi connectivity index (χ3v) is 7.63. The van der Waals surface area contributed by atoms with Crippen molar-refractivity contribution < 1.29 is 17.9 Å². The minimum atomic E-state index is -3.87. The van der Waals surface area contributed by atoms with Crippen LogP contribution in [-0.2, 0) is 34.9 Å².